The number of carboxylic acids is 1. The second kappa shape index (κ2) is 6.84. The number of carbonyl (C=O) groups excluding carboxylic acids is 1. The summed E-state index contributed by atoms with van der Waals surface area (Å²) in [4.78, 5) is 24.1. The first kappa shape index (κ1) is 17.4. The Labute approximate surface area is 150 Å². The van der Waals surface area contributed by atoms with E-state index in [1.54, 1.807) is 25.1 Å². The summed E-state index contributed by atoms with van der Waals surface area (Å²) >= 11 is 6.12. The second-order valence-electron chi connectivity index (χ2n) is 6.51. The average Bonchev–Trinajstić information content (AvgIpc) is 3.05. The van der Waals surface area contributed by atoms with Gasteiger partial charge in [-0.2, -0.15) is 0 Å². The molecule has 1 aromatic heterocycles. The topological polar surface area (TPSA) is 97.1 Å². The van der Waals surface area contributed by atoms with Crippen LogP contribution in [-0.2, 0) is 4.79 Å². The van der Waals surface area contributed by atoms with Gasteiger partial charge in [-0.3, -0.25) is 9.59 Å². The maximum atomic E-state index is 12.6. The van der Waals surface area contributed by atoms with Crippen LogP contribution in [0.5, 0.6) is 0 Å². The number of carbonyl (C=O) groups is 2. The molecule has 1 saturated carbocycles. The predicted octanol–water partition coefficient (Wildman–Crippen LogP) is 2.68. The zero-order valence-corrected chi connectivity index (χ0v) is 14.5. The number of hydrogen-bond donors (Lipinski definition) is 2. The van der Waals surface area contributed by atoms with E-state index in [4.69, 9.17) is 11.6 Å². The molecule has 1 aliphatic carbocycles. The molecule has 0 bridgehead atoms. The quantitative estimate of drug-likeness (QED) is 0.871. The fraction of sp³-hybridized carbons (Fsp3) is 0.412. The lowest BCUT2D eigenvalue weighted by molar-refractivity contribution is -0.145. The largest absolute Gasteiger partial charge is 0.481 e. The number of aromatic nitrogens is 3. The number of amides is 1. The molecule has 132 valence electrons. The van der Waals surface area contributed by atoms with Crippen molar-refractivity contribution in [1.29, 1.82) is 0 Å². The third kappa shape index (κ3) is 3.51. The van der Waals surface area contributed by atoms with Crippen LogP contribution in [-0.4, -0.2) is 37.5 Å². The van der Waals surface area contributed by atoms with Crippen molar-refractivity contribution in [3.8, 4) is 5.69 Å². The summed E-state index contributed by atoms with van der Waals surface area (Å²) in [6.45, 7) is 1.78. The summed E-state index contributed by atoms with van der Waals surface area (Å²) in [5, 5.41) is 20.6. The molecule has 25 heavy (non-hydrogen) atoms. The molecular formula is C17H19ClN4O3. The van der Waals surface area contributed by atoms with Crippen LogP contribution >= 0.6 is 11.6 Å². The molecule has 1 fully saturated rings. The number of nitrogens with one attached hydrogen (secondary N) is 1. The zero-order chi connectivity index (χ0) is 18.0. The second-order valence-corrected chi connectivity index (χ2v) is 6.92. The van der Waals surface area contributed by atoms with Gasteiger partial charge in [0, 0.05) is 0 Å². The first-order valence-electron chi connectivity index (χ1n) is 8.13. The molecule has 1 aromatic carbocycles. The highest BCUT2D eigenvalue weighted by atomic mass is 35.5. The van der Waals surface area contributed by atoms with Gasteiger partial charge in [-0.1, -0.05) is 41.8 Å². The molecule has 2 atom stereocenters. The fourth-order valence-corrected chi connectivity index (χ4v) is 3.55. The molecule has 0 saturated heterocycles. The van der Waals surface area contributed by atoms with Crippen molar-refractivity contribution >= 4 is 23.5 Å². The van der Waals surface area contributed by atoms with Gasteiger partial charge in [0.2, 0.25) is 0 Å². The molecule has 0 radical (unpaired) electrons. The summed E-state index contributed by atoms with van der Waals surface area (Å²) < 4.78 is 1.43. The molecule has 2 N–H and O–H groups in total. The van der Waals surface area contributed by atoms with E-state index >= 15 is 0 Å². The molecule has 1 heterocycles. The molecule has 8 heteroatoms. The summed E-state index contributed by atoms with van der Waals surface area (Å²) in [6, 6.07) is 7.09. The van der Waals surface area contributed by atoms with Crippen LogP contribution in [0.3, 0.4) is 0 Å². The minimum atomic E-state index is -0.887. The van der Waals surface area contributed by atoms with Crippen LogP contribution in [0.25, 0.3) is 5.69 Å². The minimum absolute atomic E-state index is 0.121. The zero-order valence-electron chi connectivity index (χ0n) is 13.8. The van der Waals surface area contributed by atoms with E-state index in [1.807, 2.05) is 6.07 Å². The van der Waals surface area contributed by atoms with Gasteiger partial charge in [0.05, 0.1) is 28.4 Å². The molecule has 2 aromatic rings. The molecule has 1 aliphatic rings. The van der Waals surface area contributed by atoms with Gasteiger partial charge in [-0.05, 0) is 31.9 Å². The minimum Gasteiger partial charge on any atom is -0.481 e. The summed E-state index contributed by atoms with van der Waals surface area (Å²) in [5.41, 5.74) is -0.0612. The maximum Gasteiger partial charge on any atom is 0.308 e. The van der Waals surface area contributed by atoms with Gasteiger partial charge >= 0.3 is 5.97 Å². The maximum absolute atomic E-state index is 12.6. The van der Waals surface area contributed by atoms with Crippen LogP contribution in [0, 0.1) is 5.92 Å². The molecule has 1 amide bonds. The number of halogens is 1. The van der Waals surface area contributed by atoms with E-state index in [2.05, 4.69) is 15.6 Å². The molecule has 7 nitrogen and oxygen atoms in total. The van der Waals surface area contributed by atoms with Crippen molar-refractivity contribution in [3.63, 3.8) is 0 Å². The van der Waals surface area contributed by atoms with Crippen molar-refractivity contribution in [3.05, 3.63) is 41.2 Å². The first-order valence-corrected chi connectivity index (χ1v) is 8.51. The Kier molecular flexibility index (Phi) is 4.76. The van der Waals surface area contributed by atoms with Crippen LogP contribution < -0.4 is 5.32 Å². The monoisotopic (exact) mass is 362 g/mol. The molecule has 0 aliphatic heterocycles. The van der Waals surface area contributed by atoms with E-state index < -0.39 is 23.3 Å². The van der Waals surface area contributed by atoms with Gasteiger partial charge in [0.15, 0.2) is 5.69 Å². The Morgan fingerprint density at radius 3 is 2.84 bits per heavy atom. The van der Waals surface area contributed by atoms with Crippen LogP contribution in [0.1, 0.15) is 43.1 Å². The normalized spacial score (nSPS) is 23.2. The number of aliphatic carboxylic acids is 1. The highest BCUT2D eigenvalue weighted by Gasteiger charge is 2.42. The third-order valence-electron chi connectivity index (χ3n) is 4.73. The number of carboxylic acid groups (broad SMARTS) is 1. The average molecular weight is 363 g/mol. The first-order chi connectivity index (χ1) is 11.9. The molecule has 3 rings (SSSR count). The number of benzene rings is 1. The Hall–Kier alpha value is -2.41. The van der Waals surface area contributed by atoms with Gasteiger partial charge < -0.3 is 10.4 Å². The Bertz CT molecular complexity index is 807. The number of para-hydroxylation sites is 1. The third-order valence-corrected chi connectivity index (χ3v) is 5.05. The van der Waals surface area contributed by atoms with Crippen molar-refractivity contribution in [2.45, 2.75) is 38.1 Å². The Morgan fingerprint density at radius 1 is 1.36 bits per heavy atom. The van der Waals surface area contributed by atoms with Gasteiger partial charge in [-0.25, -0.2) is 4.68 Å². The standard InChI is InChI=1S/C17H19ClN4O3/c1-17(9-5-4-6-11(17)16(24)25)19-15(23)13-10-22(21-20-13)14-8-3-2-7-12(14)18/h2-3,7-8,10-11H,4-6,9H2,1H3,(H,19,23)(H,24,25). The van der Waals surface area contributed by atoms with E-state index in [-0.39, 0.29) is 5.69 Å². The van der Waals surface area contributed by atoms with E-state index in [0.717, 1.165) is 12.8 Å². The SMILES string of the molecule is CC1(NC(=O)c2cn(-c3ccccc3Cl)nn2)CCCCC1C(=O)O. The number of rotatable bonds is 4. The lowest BCUT2D eigenvalue weighted by Crippen LogP contribution is -2.55. The number of nitrogens with zero attached hydrogens (tertiary/aromatic N) is 3. The molecule has 2 unspecified atom stereocenters. The van der Waals surface area contributed by atoms with E-state index in [9.17, 15) is 14.7 Å². The highest BCUT2D eigenvalue weighted by molar-refractivity contribution is 6.32. The van der Waals surface area contributed by atoms with Crippen molar-refractivity contribution < 1.29 is 14.7 Å². The Balaban J connectivity index is 1.80. The lowest BCUT2D eigenvalue weighted by atomic mass is 9.74. The lowest BCUT2D eigenvalue weighted by Gasteiger charge is -2.39. The predicted molar refractivity (Wildman–Crippen MR) is 91.8 cm³/mol. The Morgan fingerprint density at radius 2 is 2.12 bits per heavy atom. The smallest absolute Gasteiger partial charge is 0.308 e. The van der Waals surface area contributed by atoms with Crippen molar-refractivity contribution in [2.24, 2.45) is 5.92 Å². The van der Waals surface area contributed by atoms with Crippen molar-refractivity contribution in [1.82, 2.24) is 20.3 Å². The van der Waals surface area contributed by atoms with E-state index in [1.165, 1.54) is 10.9 Å². The van der Waals surface area contributed by atoms with Gasteiger partial charge in [0.1, 0.15) is 0 Å². The van der Waals surface area contributed by atoms with Gasteiger partial charge in [-0.15, -0.1) is 5.10 Å². The van der Waals surface area contributed by atoms with Crippen LogP contribution in [0.4, 0.5) is 0 Å². The molecular weight excluding hydrogens is 344 g/mol. The van der Waals surface area contributed by atoms with E-state index in [0.29, 0.717) is 23.6 Å². The summed E-state index contributed by atoms with van der Waals surface area (Å²) in [7, 11) is 0. The van der Waals surface area contributed by atoms with Crippen LogP contribution in [0.2, 0.25) is 5.02 Å². The molecule has 0 spiro atoms. The number of hydrogen-bond acceptors (Lipinski definition) is 4. The fourth-order valence-electron chi connectivity index (χ4n) is 3.33. The van der Waals surface area contributed by atoms with Crippen molar-refractivity contribution in [2.75, 3.05) is 0 Å². The van der Waals surface area contributed by atoms with Gasteiger partial charge in [0.25, 0.3) is 5.91 Å². The summed E-state index contributed by atoms with van der Waals surface area (Å²) in [5.74, 6) is -1.93. The summed E-state index contributed by atoms with van der Waals surface area (Å²) in [6.07, 6.45) is 4.39. The van der Waals surface area contributed by atoms with Crippen LogP contribution in [0.15, 0.2) is 30.5 Å². The highest BCUT2D eigenvalue weighted by Crippen LogP contribution is 2.34.